The van der Waals surface area contributed by atoms with Gasteiger partial charge in [0.1, 0.15) is 4.88 Å². The summed E-state index contributed by atoms with van der Waals surface area (Å²) in [4.78, 5) is 17.6. The first kappa shape index (κ1) is 20.6. The first-order chi connectivity index (χ1) is 9.00. The molecule has 122 valence electrons. The minimum Gasteiger partial charge on any atom is -0.345 e. The van der Waals surface area contributed by atoms with Gasteiger partial charge in [-0.25, -0.2) is 4.98 Å². The van der Waals surface area contributed by atoms with Crippen LogP contribution in [-0.2, 0) is 6.42 Å². The number of rotatable bonds is 6. The van der Waals surface area contributed by atoms with Gasteiger partial charge in [0.15, 0.2) is 0 Å². The van der Waals surface area contributed by atoms with E-state index >= 15 is 0 Å². The number of hydrogen-bond acceptors (Lipinski definition) is 4. The van der Waals surface area contributed by atoms with Gasteiger partial charge in [-0.2, -0.15) is 0 Å². The van der Waals surface area contributed by atoms with E-state index in [0.717, 1.165) is 41.3 Å². The Labute approximate surface area is 143 Å². The van der Waals surface area contributed by atoms with E-state index in [1.165, 1.54) is 11.3 Å². The minimum absolute atomic E-state index is 0. The minimum atomic E-state index is -0.265. The molecule has 0 aliphatic heterocycles. The summed E-state index contributed by atoms with van der Waals surface area (Å²) in [5.41, 5.74) is 6.41. The summed E-state index contributed by atoms with van der Waals surface area (Å²) in [6, 6.07) is 0. The summed E-state index contributed by atoms with van der Waals surface area (Å²) in [6.45, 7) is 6.56. The second kappa shape index (κ2) is 8.32. The van der Waals surface area contributed by atoms with Gasteiger partial charge in [-0.05, 0) is 45.4 Å². The first-order valence-electron chi connectivity index (χ1n) is 6.99. The molecule has 7 heteroatoms. The zero-order valence-corrected chi connectivity index (χ0v) is 15.2. The summed E-state index contributed by atoms with van der Waals surface area (Å²) < 4.78 is 0. The van der Waals surface area contributed by atoms with Crippen LogP contribution >= 0.6 is 36.2 Å². The summed E-state index contributed by atoms with van der Waals surface area (Å²) in [6.07, 6.45) is 4.32. The Kier molecular flexibility index (Phi) is 8.18. The van der Waals surface area contributed by atoms with Crippen LogP contribution in [0.2, 0.25) is 0 Å². The zero-order valence-electron chi connectivity index (χ0n) is 12.8. The maximum absolute atomic E-state index is 12.4. The SMILES string of the molecule is CCCc1nc(C)c(C(=O)NC(C)(CN)C2CC2)s1.Cl.Cl. The van der Waals surface area contributed by atoms with Crippen LogP contribution in [-0.4, -0.2) is 23.0 Å². The Morgan fingerprint density at radius 2 is 2.10 bits per heavy atom. The van der Waals surface area contributed by atoms with Crippen LogP contribution in [0.3, 0.4) is 0 Å². The van der Waals surface area contributed by atoms with Gasteiger partial charge < -0.3 is 11.1 Å². The van der Waals surface area contributed by atoms with E-state index in [0.29, 0.717) is 12.5 Å². The highest BCUT2D eigenvalue weighted by atomic mass is 35.5. The van der Waals surface area contributed by atoms with Gasteiger partial charge in [-0.1, -0.05) is 6.92 Å². The van der Waals surface area contributed by atoms with Crippen molar-refractivity contribution in [3.05, 3.63) is 15.6 Å². The molecular weight excluding hydrogens is 329 g/mol. The molecule has 1 aliphatic carbocycles. The van der Waals surface area contributed by atoms with Crippen molar-refractivity contribution in [3.8, 4) is 0 Å². The Balaban J connectivity index is 0.00000200. The van der Waals surface area contributed by atoms with Gasteiger partial charge in [0.05, 0.1) is 16.2 Å². The maximum Gasteiger partial charge on any atom is 0.263 e. The van der Waals surface area contributed by atoms with Crippen LogP contribution < -0.4 is 11.1 Å². The number of carbonyl (C=O) groups is 1. The van der Waals surface area contributed by atoms with Crippen molar-refractivity contribution in [2.45, 2.75) is 52.0 Å². The lowest BCUT2D eigenvalue weighted by atomic mass is 9.96. The Morgan fingerprint density at radius 1 is 1.48 bits per heavy atom. The number of amides is 1. The molecule has 0 spiro atoms. The molecule has 1 saturated carbocycles. The molecule has 0 aromatic carbocycles. The number of aryl methyl sites for hydroxylation is 2. The molecule has 1 amide bonds. The van der Waals surface area contributed by atoms with Gasteiger partial charge >= 0.3 is 0 Å². The van der Waals surface area contributed by atoms with E-state index in [1.54, 1.807) is 0 Å². The standard InChI is InChI=1S/C14H23N3OS.2ClH/c1-4-5-11-16-9(2)12(19-11)13(18)17-14(3,8-15)10-6-7-10;;/h10H,4-8,15H2,1-3H3,(H,17,18);2*1H. The van der Waals surface area contributed by atoms with Crippen LogP contribution in [0.4, 0.5) is 0 Å². The third-order valence-electron chi connectivity index (χ3n) is 3.81. The molecule has 1 heterocycles. The van der Waals surface area contributed by atoms with E-state index in [-0.39, 0.29) is 36.3 Å². The monoisotopic (exact) mass is 353 g/mol. The van der Waals surface area contributed by atoms with Crippen molar-refractivity contribution in [3.63, 3.8) is 0 Å². The van der Waals surface area contributed by atoms with E-state index in [1.807, 2.05) is 13.8 Å². The molecule has 0 radical (unpaired) electrons. The van der Waals surface area contributed by atoms with Gasteiger partial charge in [0.2, 0.25) is 0 Å². The number of aromatic nitrogens is 1. The lowest BCUT2D eigenvalue weighted by molar-refractivity contribution is 0.0901. The number of thiazole rings is 1. The quantitative estimate of drug-likeness (QED) is 0.825. The molecule has 1 unspecified atom stereocenters. The number of nitrogens with one attached hydrogen (secondary N) is 1. The van der Waals surface area contributed by atoms with E-state index in [4.69, 9.17) is 5.73 Å². The Bertz CT molecular complexity index is 477. The largest absolute Gasteiger partial charge is 0.345 e. The number of nitrogens with zero attached hydrogens (tertiary/aromatic N) is 1. The number of hydrogen-bond donors (Lipinski definition) is 2. The Hall–Kier alpha value is -0.360. The predicted octanol–water partition coefficient (Wildman–Crippen LogP) is 3.10. The third kappa shape index (κ3) is 4.81. The van der Waals surface area contributed by atoms with Crippen molar-refractivity contribution in [2.75, 3.05) is 6.54 Å². The average Bonchev–Trinajstić information content (AvgIpc) is 3.15. The molecule has 21 heavy (non-hydrogen) atoms. The topological polar surface area (TPSA) is 68.0 Å². The Morgan fingerprint density at radius 3 is 2.57 bits per heavy atom. The lowest BCUT2D eigenvalue weighted by Gasteiger charge is -2.29. The highest BCUT2D eigenvalue weighted by Gasteiger charge is 2.42. The molecule has 1 aromatic rings. The number of nitrogens with two attached hydrogens (primary N) is 1. The van der Waals surface area contributed by atoms with Crippen LogP contribution in [0, 0.1) is 12.8 Å². The molecule has 1 atom stereocenters. The van der Waals surface area contributed by atoms with Gasteiger partial charge in [-0.3, -0.25) is 4.79 Å². The van der Waals surface area contributed by atoms with E-state index in [2.05, 4.69) is 17.2 Å². The molecular formula is C14H25Cl2N3OS. The normalized spacial score (nSPS) is 16.4. The highest BCUT2D eigenvalue weighted by molar-refractivity contribution is 7.13. The summed E-state index contributed by atoms with van der Waals surface area (Å²) in [7, 11) is 0. The van der Waals surface area contributed by atoms with E-state index in [9.17, 15) is 4.79 Å². The fourth-order valence-corrected chi connectivity index (χ4v) is 3.40. The first-order valence-corrected chi connectivity index (χ1v) is 7.80. The van der Waals surface area contributed by atoms with E-state index < -0.39 is 0 Å². The second-order valence-electron chi connectivity index (χ2n) is 5.62. The molecule has 1 aromatic heterocycles. The zero-order chi connectivity index (χ0) is 14.0. The molecule has 1 aliphatic rings. The van der Waals surface area contributed by atoms with Crippen molar-refractivity contribution in [1.82, 2.24) is 10.3 Å². The average molecular weight is 354 g/mol. The summed E-state index contributed by atoms with van der Waals surface area (Å²) in [5, 5.41) is 4.17. The van der Waals surface area contributed by atoms with Crippen LogP contribution in [0.5, 0.6) is 0 Å². The fourth-order valence-electron chi connectivity index (χ4n) is 2.34. The van der Waals surface area contributed by atoms with Gasteiger partial charge in [-0.15, -0.1) is 36.2 Å². The van der Waals surface area contributed by atoms with Gasteiger partial charge in [0.25, 0.3) is 5.91 Å². The molecule has 1 fully saturated rings. The fraction of sp³-hybridized carbons (Fsp3) is 0.714. The number of carbonyl (C=O) groups excluding carboxylic acids is 1. The van der Waals surface area contributed by atoms with Crippen molar-refractivity contribution in [2.24, 2.45) is 11.7 Å². The molecule has 4 nitrogen and oxygen atoms in total. The second-order valence-corrected chi connectivity index (χ2v) is 6.71. The van der Waals surface area contributed by atoms with Crippen molar-refractivity contribution < 1.29 is 4.79 Å². The van der Waals surface area contributed by atoms with Crippen LogP contribution in [0.25, 0.3) is 0 Å². The van der Waals surface area contributed by atoms with Gasteiger partial charge in [0, 0.05) is 6.54 Å². The van der Waals surface area contributed by atoms with Crippen molar-refractivity contribution >= 4 is 42.1 Å². The number of halogens is 2. The lowest BCUT2D eigenvalue weighted by Crippen LogP contribution is -2.53. The molecule has 2 rings (SSSR count). The molecule has 0 saturated heterocycles. The summed E-state index contributed by atoms with van der Waals surface area (Å²) >= 11 is 1.51. The third-order valence-corrected chi connectivity index (χ3v) is 5.03. The van der Waals surface area contributed by atoms with Crippen molar-refractivity contribution in [1.29, 1.82) is 0 Å². The van der Waals surface area contributed by atoms with Crippen LogP contribution in [0.15, 0.2) is 0 Å². The molecule has 3 N–H and O–H groups in total. The smallest absolute Gasteiger partial charge is 0.263 e. The van der Waals surface area contributed by atoms with Crippen LogP contribution in [0.1, 0.15) is 53.5 Å². The maximum atomic E-state index is 12.4. The summed E-state index contributed by atoms with van der Waals surface area (Å²) in [5.74, 6) is 0.516. The predicted molar refractivity (Wildman–Crippen MR) is 93.0 cm³/mol. The molecule has 0 bridgehead atoms. The highest BCUT2D eigenvalue weighted by Crippen LogP contribution is 2.39.